The van der Waals surface area contributed by atoms with Gasteiger partial charge >= 0.3 is 0 Å². The highest BCUT2D eigenvalue weighted by atomic mass is 16.5. The molecule has 0 radical (unpaired) electrons. The fourth-order valence-electron chi connectivity index (χ4n) is 2.39. The van der Waals surface area contributed by atoms with Crippen LogP contribution in [-0.4, -0.2) is 22.7 Å². The standard InChI is InChI=1S/C16H21N3O2/c1-11(16-12(2)18-19-13(16)3)17-15(20)10-21-9-14-7-5-4-6-8-14/h4-8,11H,9-10H2,1-3H3,(H,17,20)(H,18,19)/t11-/m1/s1. The van der Waals surface area contributed by atoms with E-state index in [2.05, 4.69) is 15.5 Å². The smallest absolute Gasteiger partial charge is 0.246 e. The van der Waals surface area contributed by atoms with Crippen molar-refractivity contribution in [3.05, 3.63) is 52.8 Å². The van der Waals surface area contributed by atoms with Crippen LogP contribution in [0.1, 0.15) is 35.5 Å². The normalized spacial score (nSPS) is 12.1. The van der Waals surface area contributed by atoms with Gasteiger partial charge in [0.15, 0.2) is 0 Å². The SMILES string of the molecule is Cc1n[nH]c(C)c1[C@@H](C)NC(=O)COCc1ccccc1. The molecule has 0 aliphatic heterocycles. The van der Waals surface area contributed by atoms with Crippen molar-refractivity contribution in [1.82, 2.24) is 15.5 Å². The first kappa shape index (κ1) is 15.3. The maximum Gasteiger partial charge on any atom is 0.246 e. The molecule has 0 saturated heterocycles. The van der Waals surface area contributed by atoms with Crippen molar-refractivity contribution in [3.63, 3.8) is 0 Å². The van der Waals surface area contributed by atoms with Crippen LogP contribution in [0.5, 0.6) is 0 Å². The summed E-state index contributed by atoms with van der Waals surface area (Å²) in [6.45, 7) is 6.30. The van der Waals surface area contributed by atoms with E-state index in [1.807, 2.05) is 51.1 Å². The Hall–Kier alpha value is -2.14. The number of hydrogen-bond donors (Lipinski definition) is 2. The topological polar surface area (TPSA) is 67.0 Å². The van der Waals surface area contributed by atoms with Crippen LogP contribution in [0.3, 0.4) is 0 Å². The molecule has 2 N–H and O–H groups in total. The molecular weight excluding hydrogens is 266 g/mol. The van der Waals surface area contributed by atoms with Gasteiger partial charge in [0.25, 0.3) is 0 Å². The third-order valence-electron chi connectivity index (χ3n) is 3.34. The molecule has 5 heteroatoms. The average molecular weight is 287 g/mol. The van der Waals surface area contributed by atoms with Crippen molar-refractivity contribution >= 4 is 5.91 Å². The summed E-state index contributed by atoms with van der Waals surface area (Å²) in [6, 6.07) is 9.71. The Balaban J connectivity index is 1.79. The number of amides is 1. The molecule has 2 aromatic rings. The molecule has 1 aromatic carbocycles. The minimum atomic E-state index is -0.126. The summed E-state index contributed by atoms with van der Waals surface area (Å²) in [5, 5.41) is 9.99. The van der Waals surface area contributed by atoms with Crippen LogP contribution in [0.15, 0.2) is 30.3 Å². The van der Waals surface area contributed by atoms with E-state index in [0.29, 0.717) is 6.61 Å². The molecule has 112 valence electrons. The number of aromatic amines is 1. The highest BCUT2D eigenvalue weighted by Gasteiger charge is 2.16. The number of benzene rings is 1. The van der Waals surface area contributed by atoms with Gasteiger partial charge in [0, 0.05) is 11.3 Å². The van der Waals surface area contributed by atoms with Gasteiger partial charge in [-0.3, -0.25) is 9.89 Å². The van der Waals surface area contributed by atoms with Crippen molar-refractivity contribution in [2.45, 2.75) is 33.4 Å². The first-order chi connectivity index (χ1) is 10.1. The number of aryl methyl sites for hydroxylation is 2. The molecule has 0 bridgehead atoms. The summed E-state index contributed by atoms with van der Waals surface area (Å²) >= 11 is 0. The summed E-state index contributed by atoms with van der Waals surface area (Å²) in [6.07, 6.45) is 0. The summed E-state index contributed by atoms with van der Waals surface area (Å²) in [7, 11) is 0. The number of hydrogen-bond acceptors (Lipinski definition) is 3. The molecule has 5 nitrogen and oxygen atoms in total. The molecule has 0 fully saturated rings. The number of carbonyl (C=O) groups is 1. The molecule has 0 unspecified atom stereocenters. The molecule has 1 amide bonds. The fraction of sp³-hybridized carbons (Fsp3) is 0.375. The van der Waals surface area contributed by atoms with Crippen LogP contribution in [0, 0.1) is 13.8 Å². The van der Waals surface area contributed by atoms with Gasteiger partial charge in [0.1, 0.15) is 6.61 Å². The van der Waals surface area contributed by atoms with Crippen molar-refractivity contribution in [1.29, 1.82) is 0 Å². The predicted molar refractivity (Wildman–Crippen MR) is 80.7 cm³/mol. The lowest BCUT2D eigenvalue weighted by Gasteiger charge is -2.14. The average Bonchev–Trinajstić information content (AvgIpc) is 2.79. The molecule has 0 saturated carbocycles. The highest BCUT2D eigenvalue weighted by molar-refractivity contribution is 5.77. The van der Waals surface area contributed by atoms with Gasteiger partial charge in [-0.2, -0.15) is 5.10 Å². The largest absolute Gasteiger partial charge is 0.367 e. The lowest BCUT2D eigenvalue weighted by Crippen LogP contribution is -2.30. The van der Waals surface area contributed by atoms with E-state index in [-0.39, 0.29) is 18.6 Å². The first-order valence-electron chi connectivity index (χ1n) is 7.00. The number of aromatic nitrogens is 2. The Morgan fingerprint density at radius 2 is 2.05 bits per heavy atom. The number of carbonyl (C=O) groups excluding carboxylic acids is 1. The van der Waals surface area contributed by atoms with Crippen LogP contribution in [0.2, 0.25) is 0 Å². The first-order valence-corrected chi connectivity index (χ1v) is 7.00. The van der Waals surface area contributed by atoms with E-state index in [1.54, 1.807) is 0 Å². The van der Waals surface area contributed by atoms with Gasteiger partial charge in [-0.25, -0.2) is 0 Å². The predicted octanol–water partition coefficient (Wildman–Crippen LogP) is 2.42. The minimum Gasteiger partial charge on any atom is -0.367 e. The summed E-state index contributed by atoms with van der Waals surface area (Å²) in [5.74, 6) is -0.126. The zero-order valence-corrected chi connectivity index (χ0v) is 12.6. The van der Waals surface area contributed by atoms with Crippen LogP contribution in [-0.2, 0) is 16.1 Å². The number of H-pyrrole nitrogens is 1. The maximum atomic E-state index is 11.9. The summed E-state index contributed by atoms with van der Waals surface area (Å²) in [4.78, 5) is 11.9. The van der Waals surface area contributed by atoms with Gasteiger partial charge < -0.3 is 10.1 Å². The van der Waals surface area contributed by atoms with Crippen molar-refractivity contribution in [2.24, 2.45) is 0 Å². The van der Waals surface area contributed by atoms with Gasteiger partial charge in [-0.15, -0.1) is 0 Å². The maximum absolute atomic E-state index is 11.9. The van der Waals surface area contributed by atoms with E-state index in [0.717, 1.165) is 22.5 Å². The highest BCUT2D eigenvalue weighted by Crippen LogP contribution is 2.18. The van der Waals surface area contributed by atoms with Crippen LogP contribution < -0.4 is 5.32 Å². The van der Waals surface area contributed by atoms with E-state index < -0.39 is 0 Å². The minimum absolute atomic E-state index is 0.0508. The lowest BCUT2D eigenvalue weighted by molar-refractivity contribution is -0.126. The molecule has 0 aliphatic rings. The van der Waals surface area contributed by atoms with Crippen LogP contribution in [0.25, 0.3) is 0 Å². The second-order valence-corrected chi connectivity index (χ2v) is 5.12. The van der Waals surface area contributed by atoms with E-state index in [4.69, 9.17) is 4.74 Å². The number of nitrogens with zero attached hydrogens (tertiary/aromatic N) is 1. The number of nitrogens with one attached hydrogen (secondary N) is 2. The molecule has 1 atom stereocenters. The Morgan fingerprint density at radius 3 is 2.67 bits per heavy atom. The van der Waals surface area contributed by atoms with Crippen molar-refractivity contribution < 1.29 is 9.53 Å². The summed E-state index contributed by atoms with van der Waals surface area (Å²) in [5.41, 5.74) is 3.97. The Morgan fingerprint density at radius 1 is 1.33 bits per heavy atom. The Kier molecular flexibility index (Phi) is 5.11. The zero-order valence-electron chi connectivity index (χ0n) is 12.6. The molecular formula is C16H21N3O2. The quantitative estimate of drug-likeness (QED) is 0.857. The van der Waals surface area contributed by atoms with Crippen LogP contribution >= 0.6 is 0 Å². The fourth-order valence-corrected chi connectivity index (χ4v) is 2.39. The molecule has 2 rings (SSSR count). The monoisotopic (exact) mass is 287 g/mol. The van der Waals surface area contributed by atoms with Crippen molar-refractivity contribution in [3.8, 4) is 0 Å². The second-order valence-electron chi connectivity index (χ2n) is 5.12. The van der Waals surface area contributed by atoms with E-state index >= 15 is 0 Å². The van der Waals surface area contributed by atoms with E-state index in [9.17, 15) is 4.79 Å². The molecule has 21 heavy (non-hydrogen) atoms. The summed E-state index contributed by atoms with van der Waals surface area (Å²) < 4.78 is 5.42. The van der Waals surface area contributed by atoms with E-state index in [1.165, 1.54) is 0 Å². The Bertz CT molecular complexity index is 573. The number of ether oxygens (including phenoxy) is 1. The molecule has 0 spiro atoms. The third-order valence-corrected chi connectivity index (χ3v) is 3.34. The number of rotatable bonds is 6. The van der Waals surface area contributed by atoms with Gasteiger partial charge in [-0.05, 0) is 26.3 Å². The van der Waals surface area contributed by atoms with Crippen LogP contribution in [0.4, 0.5) is 0 Å². The van der Waals surface area contributed by atoms with Gasteiger partial charge in [-0.1, -0.05) is 30.3 Å². The van der Waals surface area contributed by atoms with Gasteiger partial charge in [0.05, 0.1) is 18.3 Å². The molecule has 0 aliphatic carbocycles. The van der Waals surface area contributed by atoms with Crippen molar-refractivity contribution in [2.75, 3.05) is 6.61 Å². The Labute approximate surface area is 124 Å². The third kappa shape index (κ3) is 4.16. The van der Waals surface area contributed by atoms with Gasteiger partial charge in [0.2, 0.25) is 5.91 Å². The second kappa shape index (κ2) is 7.04. The molecule has 1 aromatic heterocycles. The zero-order chi connectivity index (χ0) is 15.2. The molecule has 1 heterocycles. The lowest BCUT2D eigenvalue weighted by atomic mass is 10.1.